The molecule has 0 radical (unpaired) electrons. The molecule has 4 nitrogen and oxygen atoms in total. The Kier molecular flexibility index (Phi) is 3.20. The summed E-state index contributed by atoms with van der Waals surface area (Å²) < 4.78 is 14.6. The van der Waals surface area contributed by atoms with Crippen LogP contribution in [0.2, 0.25) is 0 Å². The molecule has 0 unspecified atom stereocenters. The molecule has 4 rings (SSSR count). The van der Waals surface area contributed by atoms with Crippen LogP contribution in [-0.4, -0.2) is 16.0 Å². The molecule has 0 aliphatic carbocycles. The topological polar surface area (TPSA) is 65.1 Å². The number of phenolic OH excluding ortho intramolecular Hbond substituents is 1. The minimum absolute atomic E-state index is 0.100. The number of aromatic nitrogens is 1. The molecule has 1 aliphatic rings. The number of amides is 1. The van der Waals surface area contributed by atoms with Crippen LogP contribution in [0, 0.1) is 5.82 Å². The van der Waals surface area contributed by atoms with Crippen molar-refractivity contribution in [1.29, 1.82) is 0 Å². The second kappa shape index (κ2) is 5.38. The summed E-state index contributed by atoms with van der Waals surface area (Å²) in [5.41, 5.74) is 3.19. The number of anilines is 1. The number of fused-ring (bicyclic) bond motifs is 1. The number of aromatic amines is 1. The van der Waals surface area contributed by atoms with Crippen LogP contribution >= 0.6 is 0 Å². The van der Waals surface area contributed by atoms with Gasteiger partial charge in [-0.05, 0) is 48.0 Å². The van der Waals surface area contributed by atoms with Crippen molar-refractivity contribution in [3.05, 3.63) is 71.8 Å². The summed E-state index contributed by atoms with van der Waals surface area (Å²) in [6.45, 7) is 0. The molecule has 24 heavy (non-hydrogen) atoms. The number of hydrogen-bond acceptors (Lipinski definition) is 2. The van der Waals surface area contributed by atoms with Crippen LogP contribution in [-0.2, 0) is 4.79 Å². The van der Waals surface area contributed by atoms with Gasteiger partial charge in [0.1, 0.15) is 11.6 Å². The third-order valence-electron chi connectivity index (χ3n) is 3.99. The zero-order valence-corrected chi connectivity index (χ0v) is 12.5. The highest BCUT2D eigenvalue weighted by Crippen LogP contribution is 2.42. The number of carbonyl (C=O) groups excluding carboxylic acids is 1. The lowest BCUT2D eigenvalue weighted by molar-refractivity contribution is -0.110. The molecule has 0 saturated heterocycles. The first kappa shape index (κ1) is 14.3. The van der Waals surface area contributed by atoms with E-state index in [9.17, 15) is 14.3 Å². The fourth-order valence-corrected chi connectivity index (χ4v) is 2.90. The number of hydrogen-bond donors (Lipinski definition) is 3. The van der Waals surface area contributed by atoms with E-state index in [0.717, 1.165) is 5.69 Å². The Labute approximate surface area is 137 Å². The van der Waals surface area contributed by atoms with Gasteiger partial charge in [-0.3, -0.25) is 4.79 Å². The van der Waals surface area contributed by atoms with Crippen LogP contribution in [0.5, 0.6) is 5.75 Å². The first-order valence-electron chi connectivity index (χ1n) is 7.42. The van der Waals surface area contributed by atoms with Gasteiger partial charge in [0, 0.05) is 28.7 Å². The number of rotatable bonds is 2. The minimum Gasteiger partial charge on any atom is -0.508 e. The number of nitrogens with one attached hydrogen (secondary N) is 2. The van der Waals surface area contributed by atoms with Gasteiger partial charge in [-0.1, -0.05) is 12.1 Å². The van der Waals surface area contributed by atoms with Crippen molar-refractivity contribution in [2.24, 2.45) is 0 Å². The van der Waals surface area contributed by atoms with Crippen molar-refractivity contribution in [3.8, 4) is 16.9 Å². The second-order valence-electron chi connectivity index (χ2n) is 5.53. The van der Waals surface area contributed by atoms with E-state index in [1.54, 1.807) is 30.5 Å². The summed E-state index contributed by atoms with van der Waals surface area (Å²) in [4.78, 5) is 15.4. The molecule has 5 heteroatoms. The van der Waals surface area contributed by atoms with Crippen molar-refractivity contribution in [2.75, 3.05) is 5.32 Å². The third-order valence-corrected chi connectivity index (χ3v) is 3.99. The molecule has 1 aliphatic heterocycles. The van der Waals surface area contributed by atoms with E-state index in [-0.39, 0.29) is 11.7 Å². The molecule has 118 valence electrons. The maximum atomic E-state index is 14.6. The summed E-state index contributed by atoms with van der Waals surface area (Å²) in [5, 5.41) is 12.2. The first-order valence-corrected chi connectivity index (χ1v) is 7.42. The van der Waals surface area contributed by atoms with Crippen molar-refractivity contribution in [3.63, 3.8) is 0 Å². The molecular weight excluding hydrogens is 307 g/mol. The molecule has 1 amide bonds. The lowest BCUT2D eigenvalue weighted by atomic mass is 9.94. The molecule has 1 aromatic heterocycles. The standard InChI is InChI=1S/C19H13FN2O2/c20-15-7-8-16-18(17(15)11-3-5-13(23)6-4-11)14(19(24)22-16)10-12-2-1-9-21-12/h1-10,21,23H,(H,22,24)/b14-10-. The predicted octanol–water partition coefficient (Wildman–Crippen LogP) is 4.02. The minimum atomic E-state index is -0.423. The van der Waals surface area contributed by atoms with E-state index in [0.29, 0.717) is 28.0 Å². The SMILES string of the molecule is O=C1Nc2ccc(F)c(-c3ccc(O)cc3)c2/C1=C/c1ccc[nH]1. The van der Waals surface area contributed by atoms with E-state index in [4.69, 9.17) is 0 Å². The van der Waals surface area contributed by atoms with E-state index in [1.165, 1.54) is 18.2 Å². The molecule has 2 aromatic carbocycles. The number of halogens is 1. The van der Waals surface area contributed by atoms with Crippen LogP contribution < -0.4 is 5.32 Å². The maximum absolute atomic E-state index is 14.6. The van der Waals surface area contributed by atoms with Gasteiger partial charge in [0.25, 0.3) is 5.91 Å². The summed E-state index contributed by atoms with van der Waals surface area (Å²) in [6, 6.07) is 12.8. The van der Waals surface area contributed by atoms with E-state index >= 15 is 0 Å². The molecule has 0 fully saturated rings. The van der Waals surface area contributed by atoms with Gasteiger partial charge in [-0.15, -0.1) is 0 Å². The van der Waals surface area contributed by atoms with E-state index in [2.05, 4.69) is 10.3 Å². The van der Waals surface area contributed by atoms with Gasteiger partial charge in [0.15, 0.2) is 0 Å². The molecule has 0 bridgehead atoms. The molecule has 0 spiro atoms. The lowest BCUT2D eigenvalue weighted by Gasteiger charge is -2.10. The van der Waals surface area contributed by atoms with E-state index < -0.39 is 5.82 Å². The third kappa shape index (κ3) is 2.27. The number of aromatic hydroxyl groups is 1. The van der Waals surface area contributed by atoms with Crippen LogP contribution in [0.3, 0.4) is 0 Å². The number of carbonyl (C=O) groups is 1. The smallest absolute Gasteiger partial charge is 0.256 e. The van der Waals surface area contributed by atoms with Crippen LogP contribution in [0.4, 0.5) is 10.1 Å². The Morgan fingerprint density at radius 1 is 1.00 bits per heavy atom. The normalized spacial score (nSPS) is 14.7. The molecule has 0 atom stereocenters. The van der Waals surface area contributed by atoms with Crippen molar-refractivity contribution >= 4 is 23.2 Å². The van der Waals surface area contributed by atoms with Crippen LogP contribution in [0.25, 0.3) is 22.8 Å². The summed E-state index contributed by atoms with van der Waals surface area (Å²) in [5.74, 6) is -0.596. The average Bonchev–Trinajstić information content (AvgIpc) is 3.18. The number of phenols is 1. The molecule has 3 N–H and O–H groups in total. The Morgan fingerprint density at radius 3 is 2.50 bits per heavy atom. The van der Waals surface area contributed by atoms with Gasteiger partial charge >= 0.3 is 0 Å². The zero-order valence-electron chi connectivity index (χ0n) is 12.5. The van der Waals surface area contributed by atoms with Crippen molar-refractivity contribution in [2.45, 2.75) is 0 Å². The number of H-pyrrole nitrogens is 1. The van der Waals surface area contributed by atoms with Crippen molar-refractivity contribution in [1.82, 2.24) is 4.98 Å². The lowest BCUT2D eigenvalue weighted by Crippen LogP contribution is -2.03. The van der Waals surface area contributed by atoms with Crippen LogP contribution in [0.1, 0.15) is 11.3 Å². The predicted molar refractivity (Wildman–Crippen MR) is 90.8 cm³/mol. The molecule has 2 heterocycles. The highest BCUT2D eigenvalue weighted by atomic mass is 19.1. The Bertz CT molecular complexity index is 958. The molecule has 3 aromatic rings. The van der Waals surface area contributed by atoms with E-state index in [1.807, 2.05) is 12.1 Å². The second-order valence-corrected chi connectivity index (χ2v) is 5.53. The van der Waals surface area contributed by atoms with Gasteiger partial charge < -0.3 is 15.4 Å². The zero-order chi connectivity index (χ0) is 16.7. The fraction of sp³-hybridized carbons (Fsp3) is 0. The van der Waals surface area contributed by atoms with Gasteiger partial charge in [-0.25, -0.2) is 4.39 Å². The monoisotopic (exact) mass is 320 g/mol. The quantitative estimate of drug-likeness (QED) is 0.624. The average molecular weight is 320 g/mol. The fourth-order valence-electron chi connectivity index (χ4n) is 2.90. The Balaban J connectivity index is 1.96. The van der Waals surface area contributed by atoms with Gasteiger partial charge in [0.05, 0.1) is 5.57 Å². The highest BCUT2D eigenvalue weighted by molar-refractivity contribution is 6.36. The Morgan fingerprint density at radius 2 is 1.79 bits per heavy atom. The molecule has 0 saturated carbocycles. The summed E-state index contributed by atoms with van der Waals surface area (Å²) in [6.07, 6.45) is 3.46. The maximum Gasteiger partial charge on any atom is 0.256 e. The van der Waals surface area contributed by atoms with Gasteiger partial charge in [0.2, 0.25) is 0 Å². The highest BCUT2D eigenvalue weighted by Gasteiger charge is 2.29. The molecular formula is C19H13FN2O2. The largest absolute Gasteiger partial charge is 0.508 e. The Hall–Kier alpha value is -3.34. The number of benzene rings is 2. The van der Waals surface area contributed by atoms with Crippen molar-refractivity contribution < 1.29 is 14.3 Å². The first-order chi connectivity index (χ1) is 11.6. The summed E-state index contributed by atoms with van der Waals surface area (Å²) in [7, 11) is 0. The van der Waals surface area contributed by atoms with Crippen LogP contribution in [0.15, 0.2) is 54.7 Å². The van der Waals surface area contributed by atoms with Gasteiger partial charge in [-0.2, -0.15) is 0 Å². The summed E-state index contributed by atoms with van der Waals surface area (Å²) >= 11 is 0.